The van der Waals surface area contributed by atoms with Crippen molar-refractivity contribution in [3.05, 3.63) is 18.3 Å². The number of nitrogens with one attached hydrogen (secondary N) is 1. The van der Waals surface area contributed by atoms with E-state index in [1.54, 1.807) is 18.3 Å². The van der Waals surface area contributed by atoms with Crippen LogP contribution >= 0.6 is 11.9 Å². The standard InChI is InChI=1S/C19H27F2N3OS/c1-12-3-2-4-13(9-12)15-5-7-19(20,21)11-16(15)18(25)24-14-6-8-23-17(10-14)26-22/h6,8,10,12-13,15-16H,2-5,7,9,11,22H2,1H3,(H,23,24,25)/t12-,13-,15+,16-/m1/s1. The maximum atomic E-state index is 14.1. The number of pyridine rings is 1. The largest absolute Gasteiger partial charge is 0.326 e. The molecule has 2 fully saturated rings. The molecule has 1 aromatic heterocycles. The molecule has 7 heteroatoms. The molecule has 26 heavy (non-hydrogen) atoms. The quantitative estimate of drug-likeness (QED) is 0.728. The van der Waals surface area contributed by atoms with Gasteiger partial charge in [0, 0.05) is 30.6 Å². The topological polar surface area (TPSA) is 68.0 Å². The summed E-state index contributed by atoms with van der Waals surface area (Å²) < 4.78 is 28.2. The number of halogens is 2. The summed E-state index contributed by atoms with van der Waals surface area (Å²) in [4.78, 5) is 17.0. The fourth-order valence-electron chi connectivity index (χ4n) is 4.66. The van der Waals surface area contributed by atoms with Gasteiger partial charge in [-0.15, -0.1) is 0 Å². The van der Waals surface area contributed by atoms with Gasteiger partial charge in [-0.05, 0) is 54.7 Å². The molecule has 1 aromatic rings. The van der Waals surface area contributed by atoms with Gasteiger partial charge in [-0.3, -0.25) is 9.93 Å². The molecule has 2 saturated carbocycles. The van der Waals surface area contributed by atoms with Crippen LogP contribution in [0.1, 0.15) is 51.9 Å². The number of anilines is 1. The third-order valence-corrected chi connectivity index (χ3v) is 6.39. The second kappa shape index (κ2) is 8.21. The summed E-state index contributed by atoms with van der Waals surface area (Å²) in [5.74, 6) is -2.66. The lowest BCUT2D eigenvalue weighted by Crippen LogP contribution is -2.43. The second-order valence-corrected chi connectivity index (χ2v) is 8.54. The molecule has 0 radical (unpaired) electrons. The average molecular weight is 384 g/mol. The predicted octanol–water partition coefficient (Wildman–Crippen LogP) is 4.86. The smallest absolute Gasteiger partial charge is 0.248 e. The average Bonchev–Trinajstić information content (AvgIpc) is 2.61. The van der Waals surface area contributed by atoms with Gasteiger partial charge in [-0.1, -0.05) is 26.2 Å². The molecule has 0 aliphatic heterocycles. The van der Waals surface area contributed by atoms with Crippen molar-refractivity contribution in [3.8, 4) is 0 Å². The molecular weight excluding hydrogens is 356 g/mol. The minimum absolute atomic E-state index is 0.0440. The molecule has 2 aliphatic rings. The van der Waals surface area contributed by atoms with Crippen molar-refractivity contribution in [2.45, 2.75) is 62.8 Å². The van der Waals surface area contributed by atoms with Gasteiger partial charge in [0.1, 0.15) is 5.03 Å². The van der Waals surface area contributed by atoms with Crippen LogP contribution in [0.4, 0.5) is 14.5 Å². The molecule has 0 spiro atoms. The number of hydrogen-bond acceptors (Lipinski definition) is 4. The highest BCUT2D eigenvalue weighted by Crippen LogP contribution is 2.47. The first-order valence-corrected chi connectivity index (χ1v) is 10.3. The van der Waals surface area contributed by atoms with E-state index in [2.05, 4.69) is 17.2 Å². The molecule has 4 atom stereocenters. The summed E-state index contributed by atoms with van der Waals surface area (Å²) in [6.45, 7) is 2.22. The molecule has 144 valence electrons. The van der Waals surface area contributed by atoms with Gasteiger partial charge in [0.25, 0.3) is 0 Å². The number of carbonyl (C=O) groups is 1. The predicted molar refractivity (Wildman–Crippen MR) is 99.8 cm³/mol. The SMILES string of the molecule is C[C@@H]1CCC[C@@H]([C@@H]2CCC(F)(F)C[C@H]2C(=O)Nc2ccnc(SN)c2)C1. The summed E-state index contributed by atoms with van der Waals surface area (Å²) in [5, 5.41) is 8.90. The Hall–Kier alpha value is -1.21. The van der Waals surface area contributed by atoms with Crippen LogP contribution in [0.3, 0.4) is 0 Å². The molecule has 3 rings (SSSR count). The van der Waals surface area contributed by atoms with Crippen LogP contribution in [0.2, 0.25) is 0 Å². The van der Waals surface area contributed by atoms with E-state index in [0.717, 1.165) is 31.2 Å². The number of alkyl halides is 2. The van der Waals surface area contributed by atoms with Gasteiger partial charge in [0.2, 0.25) is 11.8 Å². The first-order valence-electron chi connectivity index (χ1n) is 9.39. The molecule has 0 saturated heterocycles. The van der Waals surface area contributed by atoms with E-state index in [1.807, 2.05) is 0 Å². The molecule has 2 aliphatic carbocycles. The lowest BCUT2D eigenvalue weighted by atomic mass is 9.65. The molecule has 1 amide bonds. The molecule has 4 nitrogen and oxygen atoms in total. The van der Waals surface area contributed by atoms with E-state index in [9.17, 15) is 13.6 Å². The van der Waals surface area contributed by atoms with Crippen molar-refractivity contribution >= 4 is 23.5 Å². The lowest BCUT2D eigenvalue weighted by Gasteiger charge is -2.42. The van der Waals surface area contributed by atoms with E-state index in [0.29, 0.717) is 29.0 Å². The zero-order valence-corrected chi connectivity index (χ0v) is 15.9. The molecular formula is C19H27F2N3OS. The van der Waals surface area contributed by atoms with Gasteiger partial charge >= 0.3 is 0 Å². The first kappa shape index (κ1) is 19.5. The fourth-order valence-corrected chi connectivity index (χ4v) is 4.98. The van der Waals surface area contributed by atoms with Gasteiger partial charge in [-0.25, -0.2) is 13.8 Å². The fraction of sp³-hybridized carbons (Fsp3) is 0.684. The van der Waals surface area contributed by atoms with Crippen molar-refractivity contribution in [2.75, 3.05) is 5.32 Å². The van der Waals surface area contributed by atoms with Gasteiger partial charge in [0.15, 0.2) is 0 Å². The number of nitrogens with zero attached hydrogens (tertiary/aromatic N) is 1. The van der Waals surface area contributed by atoms with E-state index in [4.69, 9.17) is 5.14 Å². The molecule has 0 bridgehead atoms. The van der Waals surface area contributed by atoms with Gasteiger partial charge in [-0.2, -0.15) is 0 Å². The highest BCUT2D eigenvalue weighted by atomic mass is 32.2. The number of aromatic nitrogens is 1. The Balaban J connectivity index is 1.76. The van der Waals surface area contributed by atoms with Crippen molar-refractivity contribution in [1.82, 2.24) is 4.98 Å². The number of hydrogen-bond donors (Lipinski definition) is 2. The highest BCUT2D eigenvalue weighted by Gasteiger charge is 2.47. The zero-order valence-electron chi connectivity index (χ0n) is 15.1. The number of nitrogens with two attached hydrogens (primary N) is 1. The number of carbonyl (C=O) groups excluding carboxylic acids is 1. The van der Waals surface area contributed by atoms with Crippen LogP contribution in [-0.2, 0) is 4.79 Å². The summed E-state index contributed by atoms with van der Waals surface area (Å²) in [5.41, 5.74) is 0.558. The minimum Gasteiger partial charge on any atom is -0.326 e. The molecule has 0 aromatic carbocycles. The van der Waals surface area contributed by atoms with Crippen LogP contribution in [0.25, 0.3) is 0 Å². The van der Waals surface area contributed by atoms with E-state index >= 15 is 0 Å². The Bertz CT molecular complexity index is 643. The Kier molecular flexibility index (Phi) is 6.17. The molecule has 0 unspecified atom stereocenters. The maximum absolute atomic E-state index is 14.1. The number of amides is 1. The molecule has 3 N–H and O–H groups in total. The minimum atomic E-state index is -2.75. The molecule has 1 heterocycles. The Labute approximate surface area is 157 Å². The third kappa shape index (κ3) is 4.74. The Morgan fingerprint density at radius 1 is 1.38 bits per heavy atom. The summed E-state index contributed by atoms with van der Waals surface area (Å²) in [6, 6.07) is 3.33. The van der Waals surface area contributed by atoms with Crippen molar-refractivity contribution in [3.63, 3.8) is 0 Å². The Morgan fingerprint density at radius 2 is 2.19 bits per heavy atom. The lowest BCUT2D eigenvalue weighted by molar-refractivity contribution is -0.134. The maximum Gasteiger partial charge on any atom is 0.248 e. The zero-order chi connectivity index (χ0) is 18.7. The van der Waals surface area contributed by atoms with Crippen LogP contribution < -0.4 is 10.5 Å². The van der Waals surface area contributed by atoms with Crippen molar-refractivity contribution in [2.24, 2.45) is 28.8 Å². The summed E-state index contributed by atoms with van der Waals surface area (Å²) in [7, 11) is 0. The van der Waals surface area contributed by atoms with E-state index < -0.39 is 11.8 Å². The number of rotatable bonds is 4. The van der Waals surface area contributed by atoms with Crippen molar-refractivity contribution < 1.29 is 13.6 Å². The van der Waals surface area contributed by atoms with Gasteiger partial charge in [0.05, 0.1) is 0 Å². The van der Waals surface area contributed by atoms with Gasteiger partial charge < -0.3 is 5.32 Å². The van der Waals surface area contributed by atoms with E-state index in [-0.39, 0.29) is 24.7 Å². The van der Waals surface area contributed by atoms with Crippen LogP contribution in [0.15, 0.2) is 23.4 Å². The van der Waals surface area contributed by atoms with Crippen LogP contribution in [0.5, 0.6) is 0 Å². The highest BCUT2D eigenvalue weighted by molar-refractivity contribution is 7.97. The van der Waals surface area contributed by atoms with Crippen LogP contribution in [-0.4, -0.2) is 16.8 Å². The second-order valence-electron chi connectivity index (χ2n) is 7.89. The van der Waals surface area contributed by atoms with Crippen molar-refractivity contribution in [1.29, 1.82) is 0 Å². The van der Waals surface area contributed by atoms with Crippen LogP contribution in [0, 0.1) is 23.7 Å². The third-order valence-electron chi connectivity index (χ3n) is 5.92. The normalized spacial score (nSPS) is 31.4. The monoisotopic (exact) mass is 383 g/mol. The van der Waals surface area contributed by atoms with E-state index in [1.165, 1.54) is 6.42 Å². The summed E-state index contributed by atoms with van der Waals surface area (Å²) >= 11 is 0.986. The Morgan fingerprint density at radius 3 is 2.92 bits per heavy atom. The summed E-state index contributed by atoms with van der Waals surface area (Å²) in [6.07, 6.45) is 5.97. The first-order chi connectivity index (χ1) is 12.4.